The molecule has 0 aliphatic carbocycles. The van der Waals surface area contributed by atoms with Crippen molar-refractivity contribution in [2.45, 2.75) is 25.2 Å². The van der Waals surface area contributed by atoms with Crippen molar-refractivity contribution < 1.29 is 8.95 Å². The highest BCUT2D eigenvalue weighted by atomic mass is 32.2. The van der Waals surface area contributed by atoms with Gasteiger partial charge < -0.3 is 15.4 Å². The van der Waals surface area contributed by atoms with E-state index < -0.39 is 10.8 Å². The molecule has 130 valence electrons. The van der Waals surface area contributed by atoms with Crippen molar-refractivity contribution in [1.29, 1.82) is 0 Å². The molecule has 6 heteroatoms. The quantitative estimate of drug-likeness (QED) is 0.389. The Morgan fingerprint density at radius 2 is 1.91 bits per heavy atom. The number of hydrogen-bond donors (Lipinski definition) is 2. The summed E-state index contributed by atoms with van der Waals surface area (Å²) in [6.07, 6.45) is 0.934. The summed E-state index contributed by atoms with van der Waals surface area (Å²) < 4.78 is 17.6. The van der Waals surface area contributed by atoms with Crippen LogP contribution in [0.2, 0.25) is 0 Å². The predicted octanol–water partition coefficient (Wildman–Crippen LogP) is 2.02. The van der Waals surface area contributed by atoms with Gasteiger partial charge in [-0.1, -0.05) is 32.0 Å². The van der Waals surface area contributed by atoms with Crippen LogP contribution in [-0.4, -0.2) is 49.3 Å². The molecule has 0 aliphatic rings. The molecule has 2 N–H and O–H groups in total. The average Bonchev–Trinajstić information content (AvgIpc) is 2.56. The van der Waals surface area contributed by atoms with Crippen LogP contribution in [0.4, 0.5) is 0 Å². The standard InChI is InChI=1S/C17H29N3O2S/c1-15(2)14-22-12-7-10-19-17(18-3)20-11-13-23(21)16-8-5-4-6-9-16/h4-6,8-9,15H,7,10-14H2,1-3H3,(H2,18,19,20). The Bertz CT molecular complexity index is 478. The fourth-order valence-electron chi connectivity index (χ4n) is 1.87. The lowest BCUT2D eigenvalue weighted by Gasteiger charge is -2.12. The second-order valence-electron chi connectivity index (χ2n) is 5.61. The molecule has 5 nitrogen and oxygen atoms in total. The fourth-order valence-corrected chi connectivity index (χ4v) is 2.86. The van der Waals surface area contributed by atoms with Crippen LogP contribution in [0.25, 0.3) is 0 Å². The van der Waals surface area contributed by atoms with E-state index >= 15 is 0 Å². The van der Waals surface area contributed by atoms with Crippen molar-refractivity contribution in [3.8, 4) is 0 Å². The van der Waals surface area contributed by atoms with Gasteiger partial charge in [0, 0.05) is 44.0 Å². The summed E-state index contributed by atoms with van der Waals surface area (Å²) in [4.78, 5) is 5.02. The first-order valence-electron chi connectivity index (χ1n) is 8.09. The molecule has 0 radical (unpaired) electrons. The van der Waals surface area contributed by atoms with Crippen LogP contribution in [0.1, 0.15) is 20.3 Å². The van der Waals surface area contributed by atoms with Crippen molar-refractivity contribution in [3.05, 3.63) is 30.3 Å². The Morgan fingerprint density at radius 1 is 1.22 bits per heavy atom. The first-order chi connectivity index (χ1) is 11.1. The number of nitrogens with zero attached hydrogens (tertiary/aromatic N) is 1. The Hall–Kier alpha value is -1.40. The first-order valence-corrected chi connectivity index (χ1v) is 9.41. The molecule has 0 bridgehead atoms. The highest BCUT2D eigenvalue weighted by molar-refractivity contribution is 7.85. The molecule has 1 aromatic carbocycles. The highest BCUT2D eigenvalue weighted by Gasteiger charge is 2.03. The van der Waals surface area contributed by atoms with Gasteiger partial charge in [-0.2, -0.15) is 0 Å². The minimum Gasteiger partial charge on any atom is -0.381 e. The maximum Gasteiger partial charge on any atom is 0.191 e. The largest absolute Gasteiger partial charge is 0.381 e. The zero-order valence-corrected chi connectivity index (χ0v) is 15.2. The van der Waals surface area contributed by atoms with Gasteiger partial charge in [0.1, 0.15) is 0 Å². The molecule has 0 fully saturated rings. The molecule has 1 unspecified atom stereocenters. The summed E-state index contributed by atoms with van der Waals surface area (Å²) in [6.45, 7) is 7.26. The molecular weight excluding hydrogens is 310 g/mol. The van der Waals surface area contributed by atoms with E-state index in [1.165, 1.54) is 0 Å². The van der Waals surface area contributed by atoms with E-state index in [-0.39, 0.29) is 0 Å². The minimum absolute atomic E-state index is 0.558. The molecule has 0 aliphatic heterocycles. The second kappa shape index (κ2) is 12.1. The van der Waals surface area contributed by atoms with Crippen LogP contribution in [-0.2, 0) is 15.5 Å². The van der Waals surface area contributed by atoms with Gasteiger partial charge in [0.15, 0.2) is 5.96 Å². The van der Waals surface area contributed by atoms with Crippen LogP contribution >= 0.6 is 0 Å². The van der Waals surface area contributed by atoms with Gasteiger partial charge in [-0.3, -0.25) is 9.20 Å². The topological polar surface area (TPSA) is 62.7 Å². The number of rotatable bonds is 10. The van der Waals surface area contributed by atoms with Crippen LogP contribution in [0, 0.1) is 5.92 Å². The zero-order valence-electron chi connectivity index (χ0n) is 14.4. The van der Waals surface area contributed by atoms with Gasteiger partial charge in [-0.05, 0) is 24.5 Å². The lowest BCUT2D eigenvalue weighted by molar-refractivity contribution is 0.108. The molecule has 1 aromatic rings. The minimum atomic E-state index is -0.982. The summed E-state index contributed by atoms with van der Waals surface area (Å²) in [5, 5.41) is 6.42. The molecule has 23 heavy (non-hydrogen) atoms. The maximum atomic E-state index is 12.1. The molecule has 0 saturated carbocycles. The molecule has 0 spiro atoms. The normalized spacial score (nSPS) is 13.1. The number of benzene rings is 1. The summed E-state index contributed by atoms with van der Waals surface area (Å²) in [7, 11) is 0.753. The molecule has 0 aromatic heterocycles. The van der Waals surface area contributed by atoms with Crippen molar-refractivity contribution in [1.82, 2.24) is 10.6 Å². The highest BCUT2D eigenvalue weighted by Crippen LogP contribution is 2.04. The molecule has 0 saturated heterocycles. The van der Waals surface area contributed by atoms with Crippen LogP contribution in [0.15, 0.2) is 40.2 Å². The van der Waals surface area contributed by atoms with Crippen LogP contribution < -0.4 is 10.6 Å². The van der Waals surface area contributed by atoms with Crippen molar-refractivity contribution in [3.63, 3.8) is 0 Å². The lowest BCUT2D eigenvalue weighted by atomic mass is 10.2. The molecule has 0 amide bonds. The Kier molecular flexibility index (Phi) is 10.3. The van der Waals surface area contributed by atoms with E-state index in [1.54, 1.807) is 7.05 Å². The first kappa shape index (κ1) is 19.6. The average molecular weight is 340 g/mol. The second-order valence-corrected chi connectivity index (χ2v) is 7.18. The Morgan fingerprint density at radius 3 is 2.57 bits per heavy atom. The summed E-state index contributed by atoms with van der Waals surface area (Å²) in [5.74, 6) is 1.86. The molecular formula is C17H29N3O2S. The molecule has 0 heterocycles. The van der Waals surface area contributed by atoms with E-state index in [0.29, 0.717) is 18.2 Å². The summed E-state index contributed by atoms with van der Waals surface area (Å²) >= 11 is 0. The third-order valence-corrected chi connectivity index (χ3v) is 4.39. The van der Waals surface area contributed by atoms with E-state index in [4.69, 9.17) is 4.74 Å². The van der Waals surface area contributed by atoms with E-state index in [1.807, 2.05) is 30.3 Å². The van der Waals surface area contributed by atoms with Crippen molar-refractivity contribution in [2.24, 2.45) is 10.9 Å². The third kappa shape index (κ3) is 9.36. The van der Waals surface area contributed by atoms with Gasteiger partial charge >= 0.3 is 0 Å². The number of nitrogens with one attached hydrogen (secondary N) is 2. The Balaban J connectivity index is 2.13. The number of guanidine groups is 1. The van der Waals surface area contributed by atoms with Gasteiger partial charge in [0.2, 0.25) is 0 Å². The van der Waals surface area contributed by atoms with Crippen LogP contribution in [0.3, 0.4) is 0 Å². The van der Waals surface area contributed by atoms with Gasteiger partial charge in [-0.15, -0.1) is 0 Å². The van der Waals surface area contributed by atoms with Gasteiger partial charge in [0.05, 0.1) is 10.8 Å². The van der Waals surface area contributed by atoms with Gasteiger partial charge in [0.25, 0.3) is 0 Å². The van der Waals surface area contributed by atoms with Crippen molar-refractivity contribution >= 4 is 16.8 Å². The van der Waals surface area contributed by atoms with Gasteiger partial charge in [-0.25, -0.2) is 0 Å². The lowest BCUT2D eigenvalue weighted by Crippen LogP contribution is -2.39. The van der Waals surface area contributed by atoms with Crippen LogP contribution in [0.5, 0.6) is 0 Å². The molecule has 1 rings (SSSR count). The monoisotopic (exact) mass is 339 g/mol. The van der Waals surface area contributed by atoms with Crippen molar-refractivity contribution in [2.75, 3.05) is 39.1 Å². The SMILES string of the molecule is CN=C(NCCCOCC(C)C)NCCS(=O)c1ccccc1. The number of aliphatic imine (C=N–C) groups is 1. The maximum absolute atomic E-state index is 12.1. The summed E-state index contributed by atoms with van der Waals surface area (Å²) in [5.41, 5.74) is 0. The number of hydrogen-bond acceptors (Lipinski definition) is 3. The number of ether oxygens (including phenoxy) is 1. The zero-order chi connectivity index (χ0) is 16.9. The van der Waals surface area contributed by atoms with E-state index in [0.717, 1.165) is 37.0 Å². The van der Waals surface area contributed by atoms with E-state index in [9.17, 15) is 4.21 Å². The Labute approximate surface area is 142 Å². The fraction of sp³-hybridized carbons (Fsp3) is 0.588. The van der Waals surface area contributed by atoms with E-state index in [2.05, 4.69) is 29.5 Å². The third-order valence-electron chi connectivity index (χ3n) is 3.02. The summed E-state index contributed by atoms with van der Waals surface area (Å²) in [6, 6.07) is 9.52. The smallest absolute Gasteiger partial charge is 0.191 e. The molecule has 1 atom stereocenters. The predicted molar refractivity (Wildman–Crippen MR) is 97.4 cm³/mol.